The van der Waals surface area contributed by atoms with Crippen molar-refractivity contribution in [3.8, 4) is 0 Å². The molecule has 0 bridgehead atoms. The molecule has 3 rings (SSSR count). The van der Waals surface area contributed by atoms with Crippen molar-refractivity contribution in [2.75, 3.05) is 13.1 Å². The third kappa shape index (κ3) is 3.37. The van der Waals surface area contributed by atoms with Crippen molar-refractivity contribution in [3.63, 3.8) is 0 Å². The molecule has 1 aliphatic carbocycles. The molecule has 0 spiro atoms. The smallest absolute Gasteiger partial charge is 0.245 e. The molecule has 2 fully saturated rings. The van der Waals surface area contributed by atoms with Gasteiger partial charge in [-0.05, 0) is 32.6 Å². The highest BCUT2D eigenvalue weighted by atomic mass is 32.2. The third-order valence-electron chi connectivity index (χ3n) is 4.71. The minimum absolute atomic E-state index is 0.482. The Balaban J connectivity index is 1.84. The van der Waals surface area contributed by atoms with Gasteiger partial charge in [-0.2, -0.15) is 17.4 Å². The summed E-state index contributed by atoms with van der Waals surface area (Å²) in [5, 5.41) is 2.94. The van der Waals surface area contributed by atoms with Gasteiger partial charge in [0.25, 0.3) is 10.2 Å². The van der Waals surface area contributed by atoms with Crippen LogP contribution in [0.1, 0.15) is 62.1 Å². The highest BCUT2D eigenvalue weighted by Gasteiger charge is 2.43. The number of nitrogens with zero attached hydrogens (tertiary/aromatic N) is 2. The molecule has 1 N–H and O–H groups in total. The number of hydrogen-bond acceptors (Lipinski definition) is 4. The first kappa shape index (κ1) is 16.4. The summed E-state index contributed by atoms with van der Waals surface area (Å²) in [6, 6.07) is 0. The lowest BCUT2D eigenvalue weighted by Crippen LogP contribution is -2.50. The molecule has 1 saturated carbocycles. The van der Waals surface area contributed by atoms with Gasteiger partial charge in [0.15, 0.2) is 0 Å². The Hall–Kier alpha value is -0.500. The highest BCUT2D eigenvalue weighted by Crippen LogP contribution is 2.41. The number of aryl methyl sites for hydroxylation is 1. The Morgan fingerprint density at radius 3 is 2.32 bits per heavy atom. The van der Waals surface area contributed by atoms with Crippen LogP contribution in [-0.2, 0) is 15.7 Å². The summed E-state index contributed by atoms with van der Waals surface area (Å²) in [6.07, 6.45) is 8.00. The normalized spacial score (nSPS) is 23.5. The zero-order valence-electron chi connectivity index (χ0n) is 13.2. The molecular formula is C15H25N3O2S2. The molecule has 2 heterocycles. The number of rotatable bonds is 4. The van der Waals surface area contributed by atoms with E-state index in [1.807, 2.05) is 12.3 Å². The van der Waals surface area contributed by atoms with E-state index in [-0.39, 0.29) is 0 Å². The molecule has 1 aromatic heterocycles. The molecule has 0 aromatic carbocycles. The van der Waals surface area contributed by atoms with Crippen LogP contribution in [-0.4, -0.2) is 30.8 Å². The zero-order chi connectivity index (χ0) is 15.6. The first-order valence-corrected chi connectivity index (χ1v) is 10.6. The third-order valence-corrected chi connectivity index (χ3v) is 7.57. The molecule has 124 valence electrons. The predicted molar refractivity (Wildman–Crippen MR) is 89.1 cm³/mol. The standard InChI is InChI=1S/C15H25N3O2S2/c1-13-12-21-14(16-13)15(8-4-5-9-15)17-22(19,20)18-10-6-2-3-7-11-18/h12,17H,2-11H2,1H3. The van der Waals surface area contributed by atoms with E-state index >= 15 is 0 Å². The van der Waals surface area contributed by atoms with Crippen molar-refractivity contribution in [3.05, 3.63) is 16.1 Å². The Morgan fingerprint density at radius 1 is 1.14 bits per heavy atom. The minimum Gasteiger partial charge on any atom is -0.245 e. The summed E-state index contributed by atoms with van der Waals surface area (Å²) in [5.41, 5.74) is 0.490. The van der Waals surface area contributed by atoms with Crippen LogP contribution in [0.2, 0.25) is 0 Å². The minimum atomic E-state index is -3.44. The average Bonchev–Trinajstić information content (AvgIpc) is 3.00. The SMILES string of the molecule is Cc1csc(C2(NS(=O)(=O)N3CCCCCC3)CCCC2)n1. The van der Waals surface area contributed by atoms with Crippen molar-refractivity contribution >= 4 is 21.5 Å². The summed E-state index contributed by atoms with van der Waals surface area (Å²) >= 11 is 1.58. The van der Waals surface area contributed by atoms with E-state index in [2.05, 4.69) is 9.71 Å². The molecule has 0 atom stereocenters. The van der Waals surface area contributed by atoms with Crippen LogP contribution in [0.3, 0.4) is 0 Å². The van der Waals surface area contributed by atoms with Crippen LogP contribution >= 0.6 is 11.3 Å². The van der Waals surface area contributed by atoms with Crippen LogP contribution in [0, 0.1) is 6.92 Å². The molecule has 1 aliphatic heterocycles. The van der Waals surface area contributed by atoms with Gasteiger partial charge < -0.3 is 0 Å². The van der Waals surface area contributed by atoms with Crippen LogP contribution in [0.15, 0.2) is 5.38 Å². The lowest BCUT2D eigenvalue weighted by molar-refractivity contribution is 0.359. The van der Waals surface area contributed by atoms with E-state index in [1.165, 1.54) is 0 Å². The Labute approximate surface area is 137 Å². The number of hydrogen-bond donors (Lipinski definition) is 1. The summed E-state index contributed by atoms with van der Waals surface area (Å²) in [6.45, 7) is 3.25. The van der Waals surface area contributed by atoms with Gasteiger partial charge >= 0.3 is 0 Å². The summed E-state index contributed by atoms with van der Waals surface area (Å²) in [7, 11) is -3.44. The van der Waals surface area contributed by atoms with Gasteiger partial charge in [-0.25, -0.2) is 4.98 Å². The first-order valence-electron chi connectivity index (χ1n) is 8.24. The van der Waals surface area contributed by atoms with Crippen molar-refractivity contribution in [1.29, 1.82) is 0 Å². The van der Waals surface area contributed by atoms with Gasteiger partial charge in [0, 0.05) is 24.2 Å². The Kier molecular flexibility index (Phi) is 4.87. The van der Waals surface area contributed by atoms with Crippen LogP contribution < -0.4 is 4.72 Å². The van der Waals surface area contributed by atoms with Crippen molar-refractivity contribution in [2.24, 2.45) is 0 Å². The van der Waals surface area contributed by atoms with Crippen LogP contribution in [0.5, 0.6) is 0 Å². The summed E-state index contributed by atoms with van der Waals surface area (Å²) in [4.78, 5) is 4.59. The van der Waals surface area contributed by atoms with Crippen molar-refractivity contribution in [2.45, 2.75) is 63.8 Å². The quantitative estimate of drug-likeness (QED) is 0.914. The number of aromatic nitrogens is 1. The second-order valence-corrected chi connectivity index (χ2v) is 9.03. The van der Waals surface area contributed by atoms with Crippen LogP contribution in [0.4, 0.5) is 0 Å². The largest absolute Gasteiger partial charge is 0.280 e. The van der Waals surface area contributed by atoms with Gasteiger partial charge in [-0.15, -0.1) is 11.3 Å². The monoisotopic (exact) mass is 343 g/mol. The van der Waals surface area contributed by atoms with Crippen LogP contribution in [0.25, 0.3) is 0 Å². The lowest BCUT2D eigenvalue weighted by Gasteiger charge is -2.31. The van der Waals surface area contributed by atoms with E-state index in [9.17, 15) is 8.42 Å². The molecule has 0 radical (unpaired) electrons. The molecule has 5 nitrogen and oxygen atoms in total. The van der Waals surface area contributed by atoms with E-state index in [0.29, 0.717) is 13.1 Å². The average molecular weight is 344 g/mol. The molecule has 22 heavy (non-hydrogen) atoms. The molecular weight excluding hydrogens is 318 g/mol. The number of thiazole rings is 1. The fourth-order valence-corrected chi connectivity index (χ4v) is 6.24. The fraction of sp³-hybridized carbons (Fsp3) is 0.800. The van der Waals surface area contributed by atoms with E-state index in [1.54, 1.807) is 15.6 Å². The lowest BCUT2D eigenvalue weighted by atomic mass is 10.0. The molecule has 2 aliphatic rings. The highest BCUT2D eigenvalue weighted by molar-refractivity contribution is 7.87. The molecule has 7 heteroatoms. The van der Waals surface area contributed by atoms with Gasteiger partial charge in [0.2, 0.25) is 0 Å². The summed E-state index contributed by atoms with van der Waals surface area (Å²) in [5.74, 6) is 0. The van der Waals surface area contributed by atoms with E-state index in [0.717, 1.165) is 62.1 Å². The maximum atomic E-state index is 12.9. The number of nitrogens with one attached hydrogen (secondary N) is 1. The topological polar surface area (TPSA) is 62.3 Å². The van der Waals surface area contributed by atoms with Gasteiger partial charge in [-0.1, -0.05) is 25.7 Å². The van der Waals surface area contributed by atoms with Crippen molar-refractivity contribution in [1.82, 2.24) is 14.0 Å². The van der Waals surface area contributed by atoms with E-state index < -0.39 is 15.7 Å². The van der Waals surface area contributed by atoms with E-state index in [4.69, 9.17) is 0 Å². The Bertz CT molecular complexity index is 598. The second-order valence-electron chi connectivity index (χ2n) is 6.50. The maximum Gasteiger partial charge on any atom is 0.280 e. The summed E-state index contributed by atoms with van der Waals surface area (Å²) < 4.78 is 30.4. The van der Waals surface area contributed by atoms with Gasteiger partial charge in [-0.3, -0.25) is 0 Å². The Morgan fingerprint density at radius 2 is 1.77 bits per heavy atom. The molecule has 1 aromatic rings. The molecule has 0 unspecified atom stereocenters. The van der Waals surface area contributed by atoms with Gasteiger partial charge in [0.05, 0.1) is 5.54 Å². The maximum absolute atomic E-state index is 12.9. The first-order chi connectivity index (χ1) is 10.5. The van der Waals surface area contributed by atoms with Crippen molar-refractivity contribution < 1.29 is 8.42 Å². The predicted octanol–water partition coefficient (Wildman–Crippen LogP) is 2.93. The molecule has 0 amide bonds. The van der Waals surface area contributed by atoms with Gasteiger partial charge in [0.1, 0.15) is 5.01 Å². The zero-order valence-corrected chi connectivity index (χ0v) is 14.8. The second kappa shape index (κ2) is 6.55. The fourth-order valence-electron chi connectivity index (χ4n) is 3.51. The molecule has 1 saturated heterocycles.